The van der Waals surface area contributed by atoms with Crippen molar-refractivity contribution in [3.63, 3.8) is 0 Å². The van der Waals surface area contributed by atoms with Crippen LogP contribution < -0.4 is 5.32 Å². The van der Waals surface area contributed by atoms with E-state index in [-0.39, 0.29) is 12.0 Å². The molecular formula is C13H17N3O2. The van der Waals surface area contributed by atoms with E-state index in [4.69, 9.17) is 0 Å². The summed E-state index contributed by atoms with van der Waals surface area (Å²) in [4.78, 5) is 11.3. The molecule has 1 aromatic carbocycles. The number of benzene rings is 1. The zero-order valence-electron chi connectivity index (χ0n) is 10.8. The van der Waals surface area contributed by atoms with E-state index in [0.29, 0.717) is 6.54 Å². The van der Waals surface area contributed by atoms with E-state index >= 15 is 0 Å². The molecule has 0 fully saturated rings. The van der Waals surface area contributed by atoms with Crippen LogP contribution >= 0.6 is 0 Å². The fourth-order valence-corrected chi connectivity index (χ4v) is 1.93. The highest BCUT2D eigenvalue weighted by Gasteiger charge is 2.14. The van der Waals surface area contributed by atoms with Gasteiger partial charge in [-0.3, -0.25) is 14.8 Å². The summed E-state index contributed by atoms with van der Waals surface area (Å²) in [6, 6.07) is 7.68. The average molecular weight is 247 g/mol. The lowest BCUT2D eigenvalue weighted by atomic mass is 10.2. The van der Waals surface area contributed by atoms with E-state index < -0.39 is 0 Å². The molecule has 1 unspecified atom stereocenters. The van der Waals surface area contributed by atoms with Crippen molar-refractivity contribution in [3.8, 4) is 0 Å². The van der Waals surface area contributed by atoms with Gasteiger partial charge in [0.05, 0.1) is 18.3 Å². The fraction of sp³-hybridized carbons (Fsp3) is 0.385. The van der Waals surface area contributed by atoms with Crippen LogP contribution in [0.15, 0.2) is 24.3 Å². The number of aromatic nitrogens is 2. The molecular weight excluding hydrogens is 230 g/mol. The monoisotopic (exact) mass is 247 g/mol. The van der Waals surface area contributed by atoms with Gasteiger partial charge >= 0.3 is 5.97 Å². The number of esters is 1. The normalized spacial score (nSPS) is 12.6. The second-order valence-electron chi connectivity index (χ2n) is 4.21. The molecule has 0 aliphatic rings. The van der Waals surface area contributed by atoms with Crippen LogP contribution in [0, 0.1) is 0 Å². The minimum atomic E-state index is -0.337. The molecule has 0 saturated carbocycles. The zero-order valence-corrected chi connectivity index (χ0v) is 10.8. The highest BCUT2D eigenvalue weighted by atomic mass is 16.5. The molecule has 18 heavy (non-hydrogen) atoms. The molecule has 0 bridgehead atoms. The zero-order chi connectivity index (χ0) is 13.1. The van der Waals surface area contributed by atoms with Gasteiger partial charge in [0.1, 0.15) is 6.04 Å². The summed E-state index contributed by atoms with van der Waals surface area (Å²) in [5.74, 6) is -0.268. The summed E-state index contributed by atoms with van der Waals surface area (Å²) in [7, 11) is 3.30. The molecule has 96 valence electrons. The lowest BCUT2D eigenvalue weighted by molar-refractivity contribution is -0.142. The first-order valence-electron chi connectivity index (χ1n) is 5.85. The van der Waals surface area contributed by atoms with Crippen molar-refractivity contribution in [1.29, 1.82) is 0 Å². The Morgan fingerprint density at radius 2 is 2.22 bits per heavy atom. The third-order valence-electron chi connectivity index (χ3n) is 2.96. The van der Waals surface area contributed by atoms with Crippen LogP contribution in [-0.4, -0.2) is 28.9 Å². The number of carbonyl (C=O) groups excluding carboxylic acids is 1. The molecule has 0 saturated heterocycles. The maximum atomic E-state index is 11.3. The molecule has 0 radical (unpaired) electrons. The number of ether oxygens (including phenoxy) is 1. The molecule has 1 atom stereocenters. The van der Waals surface area contributed by atoms with Crippen molar-refractivity contribution in [3.05, 3.63) is 30.0 Å². The van der Waals surface area contributed by atoms with Crippen LogP contribution in [-0.2, 0) is 23.1 Å². The molecule has 1 aromatic heterocycles. The summed E-state index contributed by atoms with van der Waals surface area (Å²) >= 11 is 0. The van der Waals surface area contributed by atoms with Crippen molar-refractivity contribution in [1.82, 2.24) is 15.1 Å². The van der Waals surface area contributed by atoms with Crippen LogP contribution in [0.5, 0.6) is 0 Å². The number of nitrogens with one attached hydrogen (secondary N) is 1. The van der Waals surface area contributed by atoms with Crippen molar-refractivity contribution < 1.29 is 9.53 Å². The molecule has 2 aromatic rings. The van der Waals surface area contributed by atoms with Gasteiger partial charge in [0.15, 0.2) is 0 Å². The number of fused-ring (bicyclic) bond motifs is 1. The molecule has 1 heterocycles. The lowest BCUT2D eigenvalue weighted by Gasteiger charge is -2.09. The summed E-state index contributed by atoms with van der Waals surface area (Å²) in [6.07, 6.45) is 0. The summed E-state index contributed by atoms with van der Waals surface area (Å²) in [5.41, 5.74) is 2.02. The van der Waals surface area contributed by atoms with E-state index in [9.17, 15) is 4.79 Å². The average Bonchev–Trinajstić information content (AvgIpc) is 2.72. The molecule has 0 aliphatic carbocycles. The van der Waals surface area contributed by atoms with Gasteiger partial charge in [0, 0.05) is 19.0 Å². The van der Waals surface area contributed by atoms with Crippen LogP contribution in [0.3, 0.4) is 0 Å². The molecule has 2 rings (SSSR count). The van der Waals surface area contributed by atoms with Crippen LogP contribution in [0.2, 0.25) is 0 Å². The quantitative estimate of drug-likeness (QED) is 0.825. The molecule has 5 nitrogen and oxygen atoms in total. The van der Waals surface area contributed by atoms with E-state index in [0.717, 1.165) is 16.6 Å². The first-order chi connectivity index (χ1) is 8.63. The maximum Gasteiger partial charge on any atom is 0.322 e. The Morgan fingerprint density at radius 1 is 1.50 bits per heavy atom. The number of hydrogen-bond donors (Lipinski definition) is 1. The molecule has 0 spiro atoms. The van der Waals surface area contributed by atoms with Crippen LogP contribution in [0.1, 0.15) is 12.6 Å². The van der Waals surface area contributed by atoms with Gasteiger partial charge in [0.25, 0.3) is 0 Å². The summed E-state index contributed by atoms with van der Waals surface area (Å²) in [5, 5.41) is 8.66. The SMILES string of the molecule is COC(=O)C(C)NCc1nn(C)c2ccccc12. The predicted octanol–water partition coefficient (Wildman–Crippen LogP) is 1.22. The van der Waals surface area contributed by atoms with Gasteiger partial charge in [-0.25, -0.2) is 0 Å². The fourth-order valence-electron chi connectivity index (χ4n) is 1.93. The summed E-state index contributed by atoms with van der Waals surface area (Å²) in [6.45, 7) is 2.31. The van der Waals surface area contributed by atoms with Crippen LogP contribution in [0.25, 0.3) is 10.9 Å². The van der Waals surface area contributed by atoms with Gasteiger partial charge in [-0.1, -0.05) is 18.2 Å². The highest BCUT2D eigenvalue weighted by Crippen LogP contribution is 2.17. The predicted molar refractivity (Wildman–Crippen MR) is 69.0 cm³/mol. The maximum absolute atomic E-state index is 11.3. The van der Waals surface area contributed by atoms with Gasteiger partial charge in [-0.05, 0) is 13.0 Å². The van der Waals surface area contributed by atoms with Crippen molar-refractivity contribution in [2.45, 2.75) is 19.5 Å². The highest BCUT2D eigenvalue weighted by molar-refractivity contribution is 5.82. The largest absolute Gasteiger partial charge is 0.468 e. The minimum Gasteiger partial charge on any atom is -0.468 e. The number of para-hydroxylation sites is 1. The Hall–Kier alpha value is -1.88. The molecule has 5 heteroatoms. The second kappa shape index (κ2) is 5.18. The number of rotatable bonds is 4. The Morgan fingerprint density at radius 3 is 2.94 bits per heavy atom. The van der Waals surface area contributed by atoms with Gasteiger partial charge in [-0.15, -0.1) is 0 Å². The van der Waals surface area contributed by atoms with E-state index in [2.05, 4.69) is 15.2 Å². The number of methoxy groups -OCH3 is 1. The molecule has 1 N–H and O–H groups in total. The molecule has 0 amide bonds. The standard InChI is InChI=1S/C13H17N3O2/c1-9(13(17)18-3)14-8-11-10-6-4-5-7-12(10)16(2)15-11/h4-7,9,14H,8H2,1-3H3. The Balaban J connectivity index is 2.15. The Bertz CT molecular complexity index is 562. The number of aryl methyl sites for hydroxylation is 1. The van der Waals surface area contributed by atoms with E-state index in [1.54, 1.807) is 6.92 Å². The lowest BCUT2D eigenvalue weighted by Crippen LogP contribution is -2.34. The minimum absolute atomic E-state index is 0.268. The topological polar surface area (TPSA) is 56.1 Å². The first-order valence-corrected chi connectivity index (χ1v) is 5.85. The second-order valence-corrected chi connectivity index (χ2v) is 4.21. The number of hydrogen-bond acceptors (Lipinski definition) is 4. The van der Waals surface area contributed by atoms with Crippen LogP contribution in [0.4, 0.5) is 0 Å². The Kier molecular flexibility index (Phi) is 3.62. The van der Waals surface area contributed by atoms with E-state index in [1.807, 2.05) is 36.0 Å². The summed E-state index contributed by atoms with van der Waals surface area (Å²) < 4.78 is 6.51. The number of carbonyl (C=O) groups is 1. The van der Waals surface area contributed by atoms with E-state index in [1.165, 1.54) is 7.11 Å². The third-order valence-corrected chi connectivity index (χ3v) is 2.96. The Labute approximate surface area is 106 Å². The molecule has 0 aliphatic heterocycles. The van der Waals surface area contributed by atoms with Crippen molar-refractivity contribution in [2.24, 2.45) is 7.05 Å². The van der Waals surface area contributed by atoms with Crippen molar-refractivity contribution in [2.75, 3.05) is 7.11 Å². The van der Waals surface area contributed by atoms with Gasteiger partial charge in [-0.2, -0.15) is 5.10 Å². The number of nitrogens with zero attached hydrogens (tertiary/aromatic N) is 2. The third kappa shape index (κ3) is 2.36. The van der Waals surface area contributed by atoms with Crippen molar-refractivity contribution >= 4 is 16.9 Å². The van der Waals surface area contributed by atoms with Gasteiger partial charge < -0.3 is 4.74 Å². The van der Waals surface area contributed by atoms with Gasteiger partial charge in [0.2, 0.25) is 0 Å². The first kappa shape index (κ1) is 12.6. The smallest absolute Gasteiger partial charge is 0.322 e.